The summed E-state index contributed by atoms with van der Waals surface area (Å²) in [5.41, 5.74) is 1.68. The van der Waals surface area contributed by atoms with Crippen LogP contribution in [0.15, 0.2) is 48.7 Å². The Kier molecular flexibility index (Phi) is 5.20. The van der Waals surface area contributed by atoms with Crippen LogP contribution in [0.2, 0.25) is 0 Å². The van der Waals surface area contributed by atoms with Crippen LogP contribution in [-0.2, 0) is 4.74 Å². The Labute approximate surface area is 140 Å². The third-order valence-corrected chi connectivity index (χ3v) is 4.50. The van der Waals surface area contributed by atoms with Gasteiger partial charge in [-0.1, -0.05) is 42.5 Å². The molecule has 1 aromatic heterocycles. The number of hydrogen-bond donors (Lipinski definition) is 2. The lowest BCUT2D eigenvalue weighted by Crippen LogP contribution is -2.35. The quantitative estimate of drug-likeness (QED) is 0.843. The summed E-state index contributed by atoms with van der Waals surface area (Å²) in [7, 11) is 0. The van der Waals surface area contributed by atoms with Crippen LogP contribution >= 0.6 is 12.2 Å². The van der Waals surface area contributed by atoms with Gasteiger partial charge in [0, 0.05) is 25.3 Å². The van der Waals surface area contributed by atoms with E-state index < -0.39 is 0 Å². The average Bonchev–Trinajstić information content (AvgIpc) is 2.61. The molecule has 0 spiro atoms. The zero-order chi connectivity index (χ0) is 16.1. The summed E-state index contributed by atoms with van der Waals surface area (Å²) in [6.45, 7) is 1.36. The number of aromatic nitrogens is 1. The van der Waals surface area contributed by atoms with E-state index >= 15 is 0 Å². The molecule has 1 aromatic carbocycles. The lowest BCUT2D eigenvalue weighted by molar-refractivity contribution is -0.0272. The zero-order valence-electron chi connectivity index (χ0n) is 12.8. The number of aromatic amines is 1. The summed E-state index contributed by atoms with van der Waals surface area (Å²) in [5, 5.41) is 3.00. The molecule has 2 N–H and O–H groups in total. The minimum absolute atomic E-state index is 0.0376. The van der Waals surface area contributed by atoms with E-state index in [1.807, 2.05) is 18.2 Å². The Hall–Kier alpha value is -1.98. The zero-order valence-corrected chi connectivity index (χ0v) is 13.6. The van der Waals surface area contributed by atoms with Crippen molar-refractivity contribution in [3.63, 3.8) is 0 Å². The molecule has 1 amide bonds. The molecule has 0 aliphatic carbocycles. The van der Waals surface area contributed by atoms with Gasteiger partial charge in [-0.15, -0.1) is 0 Å². The topological polar surface area (TPSA) is 54.1 Å². The van der Waals surface area contributed by atoms with Gasteiger partial charge in [-0.3, -0.25) is 4.79 Å². The van der Waals surface area contributed by atoms with E-state index in [2.05, 4.69) is 22.4 Å². The smallest absolute Gasteiger partial charge is 0.254 e. The van der Waals surface area contributed by atoms with E-state index in [9.17, 15) is 4.79 Å². The van der Waals surface area contributed by atoms with Gasteiger partial charge in [-0.05, 0) is 30.5 Å². The molecule has 23 heavy (non-hydrogen) atoms. The minimum Gasteiger partial charge on any atom is -0.373 e. The van der Waals surface area contributed by atoms with Crippen LogP contribution in [0.25, 0.3) is 0 Å². The fourth-order valence-electron chi connectivity index (χ4n) is 2.98. The highest BCUT2D eigenvalue weighted by molar-refractivity contribution is 7.71. The Balaban J connectivity index is 1.67. The second-order valence-corrected chi connectivity index (χ2v) is 6.14. The molecule has 2 aromatic rings. The highest BCUT2D eigenvalue weighted by atomic mass is 32.1. The van der Waals surface area contributed by atoms with Crippen molar-refractivity contribution in [1.29, 1.82) is 0 Å². The van der Waals surface area contributed by atoms with Crippen LogP contribution in [0, 0.1) is 10.6 Å². The van der Waals surface area contributed by atoms with Crippen LogP contribution in [0.3, 0.4) is 0 Å². The van der Waals surface area contributed by atoms with Gasteiger partial charge in [0.2, 0.25) is 0 Å². The van der Waals surface area contributed by atoms with E-state index in [0.29, 0.717) is 16.7 Å². The molecule has 4 nitrogen and oxygen atoms in total. The van der Waals surface area contributed by atoms with Crippen LogP contribution in [0.5, 0.6) is 0 Å². The first-order valence-electron chi connectivity index (χ1n) is 7.88. The number of ether oxygens (including phenoxy) is 1. The number of pyridine rings is 1. The first-order valence-corrected chi connectivity index (χ1v) is 8.29. The van der Waals surface area contributed by atoms with Crippen LogP contribution in [-0.4, -0.2) is 24.0 Å². The van der Waals surface area contributed by atoms with Crippen molar-refractivity contribution in [3.8, 4) is 0 Å². The SMILES string of the molecule is O=C(NCC1CCCOC1c1ccccc1)c1ccc[nH]c1=S. The minimum atomic E-state index is -0.135. The third kappa shape index (κ3) is 3.86. The van der Waals surface area contributed by atoms with Crippen molar-refractivity contribution in [2.75, 3.05) is 13.2 Å². The second-order valence-electron chi connectivity index (χ2n) is 5.73. The number of carbonyl (C=O) groups excluding carboxylic acids is 1. The Morgan fingerprint density at radius 1 is 1.26 bits per heavy atom. The van der Waals surface area contributed by atoms with Crippen molar-refractivity contribution in [3.05, 3.63) is 64.4 Å². The number of hydrogen-bond acceptors (Lipinski definition) is 3. The van der Waals surface area contributed by atoms with Gasteiger partial charge in [-0.2, -0.15) is 0 Å². The lowest BCUT2D eigenvalue weighted by atomic mass is 9.89. The normalized spacial score (nSPS) is 20.9. The number of benzene rings is 1. The molecular weight excluding hydrogens is 308 g/mol. The second kappa shape index (κ2) is 7.53. The molecule has 2 heterocycles. The molecule has 2 atom stereocenters. The summed E-state index contributed by atoms with van der Waals surface area (Å²) < 4.78 is 6.42. The number of amides is 1. The fourth-order valence-corrected chi connectivity index (χ4v) is 3.21. The van der Waals surface area contributed by atoms with E-state index in [1.165, 1.54) is 5.56 Å². The van der Waals surface area contributed by atoms with Crippen molar-refractivity contribution in [2.24, 2.45) is 5.92 Å². The first-order chi connectivity index (χ1) is 11.3. The maximum Gasteiger partial charge on any atom is 0.254 e. The molecule has 2 unspecified atom stereocenters. The monoisotopic (exact) mass is 328 g/mol. The molecule has 1 fully saturated rings. The lowest BCUT2D eigenvalue weighted by Gasteiger charge is -2.32. The standard InChI is InChI=1S/C18H20N2O2S/c21-17(15-9-4-10-19-18(15)23)20-12-14-8-5-11-22-16(14)13-6-2-1-3-7-13/h1-4,6-7,9-10,14,16H,5,8,11-12H2,(H,19,23)(H,20,21). The molecule has 1 aliphatic rings. The molecule has 5 heteroatoms. The fraction of sp³-hybridized carbons (Fsp3) is 0.333. The summed E-state index contributed by atoms with van der Waals surface area (Å²) in [6.07, 6.45) is 3.83. The van der Waals surface area contributed by atoms with Gasteiger partial charge in [-0.25, -0.2) is 0 Å². The third-order valence-electron chi connectivity index (χ3n) is 4.16. The van der Waals surface area contributed by atoms with Crippen molar-refractivity contribution in [1.82, 2.24) is 10.3 Å². The molecule has 1 saturated heterocycles. The number of nitrogens with one attached hydrogen (secondary N) is 2. The largest absolute Gasteiger partial charge is 0.373 e. The van der Waals surface area contributed by atoms with Gasteiger partial charge >= 0.3 is 0 Å². The average molecular weight is 328 g/mol. The van der Waals surface area contributed by atoms with Crippen molar-refractivity contribution < 1.29 is 9.53 Å². The molecular formula is C18H20N2O2S. The number of rotatable bonds is 4. The summed E-state index contributed by atoms with van der Waals surface area (Å²) in [5.74, 6) is 0.139. The molecule has 1 aliphatic heterocycles. The van der Waals surface area contributed by atoms with Crippen LogP contribution in [0.4, 0.5) is 0 Å². The van der Waals surface area contributed by atoms with Crippen molar-refractivity contribution in [2.45, 2.75) is 18.9 Å². The molecule has 0 saturated carbocycles. The maximum atomic E-state index is 12.3. The Morgan fingerprint density at radius 2 is 2.09 bits per heavy atom. The van der Waals surface area contributed by atoms with Gasteiger partial charge in [0.25, 0.3) is 5.91 Å². The molecule has 0 radical (unpaired) electrons. The van der Waals surface area contributed by atoms with Crippen LogP contribution in [0.1, 0.15) is 34.9 Å². The summed E-state index contributed by atoms with van der Waals surface area (Å²) in [4.78, 5) is 15.2. The van der Waals surface area contributed by atoms with Gasteiger partial charge < -0.3 is 15.0 Å². The summed E-state index contributed by atoms with van der Waals surface area (Å²) >= 11 is 5.16. The molecule has 120 valence electrons. The van der Waals surface area contributed by atoms with Crippen molar-refractivity contribution >= 4 is 18.1 Å². The molecule has 3 rings (SSSR count). The van der Waals surface area contributed by atoms with E-state index in [0.717, 1.165) is 19.4 Å². The predicted octanol–water partition coefficient (Wildman–Crippen LogP) is 3.64. The van der Waals surface area contributed by atoms with E-state index in [1.54, 1.807) is 18.3 Å². The molecule has 0 bridgehead atoms. The first kappa shape index (κ1) is 15.9. The predicted molar refractivity (Wildman–Crippen MR) is 91.8 cm³/mol. The maximum absolute atomic E-state index is 12.3. The Morgan fingerprint density at radius 3 is 2.87 bits per heavy atom. The van der Waals surface area contributed by atoms with Gasteiger partial charge in [0.1, 0.15) is 4.64 Å². The van der Waals surface area contributed by atoms with Crippen LogP contribution < -0.4 is 5.32 Å². The number of carbonyl (C=O) groups is 1. The highest BCUT2D eigenvalue weighted by Crippen LogP contribution is 2.33. The highest BCUT2D eigenvalue weighted by Gasteiger charge is 2.27. The number of H-pyrrole nitrogens is 1. The van der Waals surface area contributed by atoms with Gasteiger partial charge in [0.15, 0.2) is 0 Å². The van der Waals surface area contributed by atoms with E-state index in [-0.39, 0.29) is 17.9 Å². The van der Waals surface area contributed by atoms with E-state index in [4.69, 9.17) is 17.0 Å². The Bertz CT molecular complexity index is 714. The van der Waals surface area contributed by atoms with Gasteiger partial charge in [0.05, 0.1) is 11.7 Å². The summed E-state index contributed by atoms with van der Waals surface area (Å²) in [6, 6.07) is 13.7.